The highest BCUT2D eigenvalue weighted by Crippen LogP contribution is 2.12. The first kappa shape index (κ1) is 22.2. The van der Waals surface area contributed by atoms with Gasteiger partial charge in [-0.15, -0.1) is 24.0 Å². The molecule has 0 aliphatic carbocycles. The van der Waals surface area contributed by atoms with Crippen LogP contribution in [0.25, 0.3) is 0 Å². The number of hydrogen-bond acceptors (Lipinski definition) is 5. The van der Waals surface area contributed by atoms with Gasteiger partial charge in [0.2, 0.25) is 0 Å². The Balaban J connectivity index is 0.00000338. The Morgan fingerprint density at radius 2 is 2.00 bits per heavy atom. The van der Waals surface area contributed by atoms with E-state index in [-0.39, 0.29) is 29.7 Å². The first-order valence-electron chi connectivity index (χ1n) is 7.83. The van der Waals surface area contributed by atoms with Crippen LogP contribution in [0.2, 0.25) is 0 Å². The van der Waals surface area contributed by atoms with Gasteiger partial charge in [-0.2, -0.15) is 11.8 Å². The SMILES string of the molecule is CSCCNC(=NCc1ccc([N+](=O)[O-])cc1)NCc1ccccn1.I. The number of thioether (sulfide) groups is 1. The van der Waals surface area contributed by atoms with E-state index in [0.29, 0.717) is 19.0 Å². The van der Waals surface area contributed by atoms with E-state index in [2.05, 4.69) is 26.9 Å². The molecule has 140 valence electrons. The second kappa shape index (κ2) is 12.5. The number of pyridine rings is 1. The normalized spacial score (nSPS) is 10.7. The highest BCUT2D eigenvalue weighted by atomic mass is 127. The predicted octanol–water partition coefficient (Wildman–Crippen LogP) is 3.21. The second-order valence-electron chi connectivity index (χ2n) is 5.18. The van der Waals surface area contributed by atoms with Gasteiger partial charge in [-0.1, -0.05) is 18.2 Å². The molecule has 0 spiro atoms. The van der Waals surface area contributed by atoms with Gasteiger partial charge in [-0.25, -0.2) is 4.99 Å². The van der Waals surface area contributed by atoms with Crippen molar-refractivity contribution in [1.82, 2.24) is 15.6 Å². The minimum Gasteiger partial charge on any atom is -0.356 e. The number of rotatable bonds is 8. The molecule has 0 saturated heterocycles. The summed E-state index contributed by atoms with van der Waals surface area (Å²) in [6, 6.07) is 12.2. The van der Waals surface area contributed by atoms with Gasteiger partial charge in [0.15, 0.2) is 5.96 Å². The predicted molar refractivity (Wildman–Crippen MR) is 117 cm³/mol. The maximum Gasteiger partial charge on any atom is 0.269 e. The van der Waals surface area contributed by atoms with E-state index < -0.39 is 4.92 Å². The third kappa shape index (κ3) is 8.00. The number of halogens is 1. The number of aliphatic imine (C=N–C) groups is 1. The van der Waals surface area contributed by atoms with Crippen LogP contribution in [0.5, 0.6) is 0 Å². The van der Waals surface area contributed by atoms with Gasteiger partial charge in [0.05, 0.1) is 23.7 Å². The Bertz CT molecular complexity index is 698. The number of nitro groups is 1. The van der Waals surface area contributed by atoms with Crippen LogP contribution < -0.4 is 10.6 Å². The van der Waals surface area contributed by atoms with Crippen LogP contribution in [0.1, 0.15) is 11.3 Å². The van der Waals surface area contributed by atoms with E-state index in [1.165, 1.54) is 12.1 Å². The molecule has 2 rings (SSSR count). The van der Waals surface area contributed by atoms with Gasteiger partial charge in [0, 0.05) is 30.6 Å². The molecule has 0 atom stereocenters. The number of benzene rings is 1. The highest BCUT2D eigenvalue weighted by molar-refractivity contribution is 14.0. The molecule has 2 aromatic rings. The summed E-state index contributed by atoms with van der Waals surface area (Å²) in [5, 5.41) is 17.2. The fourth-order valence-corrected chi connectivity index (χ4v) is 2.32. The molecule has 26 heavy (non-hydrogen) atoms. The summed E-state index contributed by atoms with van der Waals surface area (Å²) in [6.45, 7) is 1.82. The van der Waals surface area contributed by atoms with Crippen LogP contribution in [0, 0.1) is 10.1 Å². The van der Waals surface area contributed by atoms with Crippen LogP contribution in [0.4, 0.5) is 5.69 Å². The molecule has 9 heteroatoms. The molecule has 1 heterocycles. The minimum absolute atomic E-state index is 0. The zero-order valence-electron chi connectivity index (χ0n) is 14.4. The van der Waals surface area contributed by atoms with Crippen molar-refractivity contribution in [3.8, 4) is 0 Å². The van der Waals surface area contributed by atoms with Crippen LogP contribution in [0.3, 0.4) is 0 Å². The van der Waals surface area contributed by atoms with Crippen molar-refractivity contribution in [2.75, 3.05) is 18.6 Å². The molecule has 0 amide bonds. The van der Waals surface area contributed by atoms with Crippen molar-refractivity contribution in [2.45, 2.75) is 13.1 Å². The van der Waals surface area contributed by atoms with Gasteiger partial charge in [-0.3, -0.25) is 15.1 Å². The lowest BCUT2D eigenvalue weighted by atomic mass is 10.2. The number of hydrogen-bond donors (Lipinski definition) is 2. The summed E-state index contributed by atoms with van der Waals surface area (Å²) >= 11 is 1.76. The fourth-order valence-electron chi connectivity index (χ4n) is 2.02. The second-order valence-corrected chi connectivity index (χ2v) is 6.17. The molecule has 7 nitrogen and oxygen atoms in total. The minimum atomic E-state index is -0.406. The van der Waals surface area contributed by atoms with E-state index in [0.717, 1.165) is 23.6 Å². The molecule has 0 bridgehead atoms. The van der Waals surface area contributed by atoms with E-state index in [1.54, 1.807) is 30.1 Å². The molecule has 0 aliphatic heterocycles. The lowest BCUT2D eigenvalue weighted by Gasteiger charge is -2.12. The van der Waals surface area contributed by atoms with Crippen LogP contribution >= 0.6 is 35.7 Å². The Morgan fingerprint density at radius 1 is 1.23 bits per heavy atom. The fraction of sp³-hybridized carbons (Fsp3) is 0.294. The molecular formula is C17H22IN5O2S. The Kier molecular flexibility index (Phi) is 10.6. The van der Waals surface area contributed by atoms with Crippen molar-refractivity contribution in [2.24, 2.45) is 4.99 Å². The van der Waals surface area contributed by atoms with Crippen molar-refractivity contribution in [3.63, 3.8) is 0 Å². The monoisotopic (exact) mass is 487 g/mol. The third-order valence-electron chi connectivity index (χ3n) is 3.33. The summed E-state index contributed by atoms with van der Waals surface area (Å²) in [4.78, 5) is 19.1. The number of nitrogens with zero attached hydrogens (tertiary/aromatic N) is 3. The summed E-state index contributed by atoms with van der Waals surface area (Å²) < 4.78 is 0. The average molecular weight is 487 g/mol. The van der Waals surface area contributed by atoms with E-state index >= 15 is 0 Å². The lowest BCUT2D eigenvalue weighted by molar-refractivity contribution is -0.384. The van der Waals surface area contributed by atoms with Crippen molar-refractivity contribution >= 4 is 47.4 Å². The van der Waals surface area contributed by atoms with Crippen molar-refractivity contribution in [3.05, 3.63) is 70.0 Å². The molecule has 0 aliphatic rings. The van der Waals surface area contributed by atoms with Crippen LogP contribution in [-0.2, 0) is 13.1 Å². The maximum absolute atomic E-state index is 10.7. The van der Waals surface area contributed by atoms with Crippen LogP contribution in [-0.4, -0.2) is 34.4 Å². The van der Waals surface area contributed by atoms with Crippen molar-refractivity contribution < 1.29 is 4.92 Å². The highest BCUT2D eigenvalue weighted by Gasteiger charge is 2.04. The molecule has 0 saturated carbocycles. The van der Waals surface area contributed by atoms with E-state index in [4.69, 9.17) is 0 Å². The molecule has 0 unspecified atom stereocenters. The average Bonchev–Trinajstić information content (AvgIpc) is 2.65. The van der Waals surface area contributed by atoms with Gasteiger partial charge >= 0.3 is 0 Å². The molecule has 0 fully saturated rings. The number of nitro benzene ring substituents is 1. The van der Waals surface area contributed by atoms with Gasteiger partial charge in [0.25, 0.3) is 5.69 Å². The summed E-state index contributed by atoms with van der Waals surface area (Å²) in [5.41, 5.74) is 1.92. The zero-order valence-corrected chi connectivity index (χ0v) is 17.6. The number of guanidine groups is 1. The van der Waals surface area contributed by atoms with Crippen LogP contribution in [0.15, 0.2) is 53.7 Å². The van der Waals surface area contributed by atoms with Gasteiger partial charge in [-0.05, 0) is 24.0 Å². The number of nitrogens with one attached hydrogen (secondary N) is 2. The molecular weight excluding hydrogens is 465 g/mol. The van der Waals surface area contributed by atoms with E-state index in [1.807, 2.05) is 18.2 Å². The zero-order chi connectivity index (χ0) is 17.9. The molecule has 1 aromatic carbocycles. The summed E-state index contributed by atoms with van der Waals surface area (Å²) in [6.07, 6.45) is 3.81. The summed E-state index contributed by atoms with van der Waals surface area (Å²) in [5.74, 6) is 1.67. The molecule has 0 radical (unpaired) electrons. The Morgan fingerprint density at radius 3 is 2.62 bits per heavy atom. The van der Waals surface area contributed by atoms with Gasteiger partial charge < -0.3 is 10.6 Å². The molecule has 1 aromatic heterocycles. The number of aromatic nitrogens is 1. The maximum atomic E-state index is 10.7. The molecule has 2 N–H and O–H groups in total. The Hall–Kier alpha value is -1.88. The number of non-ortho nitro benzene ring substituents is 1. The quantitative estimate of drug-likeness (QED) is 0.148. The first-order valence-corrected chi connectivity index (χ1v) is 9.23. The summed E-state index contributed by atoms with van der Waals surface area (Å²) in [7, 11) is 0. The topological polar surface area (TPSA) is 92.5 Å². The standard InChI is InChI=1S/C17H21N5O2S.HI/c1-25-11-10-19-17(21-13-15-4-2-3-9-18-15)20-12-14-5-7-16(8-6-14)22(23)24;/h2-9H,10-13H2,1H3,(H2,19,20,21);1H. The Labute approximate surface area is 174 Å². The van der Waals surface area contributed by atoms with Crippen molar-refractivity contribution in [1.29, 1.82) is 0 Å². The largest absolute Gasteiger partial charge is 0.356 e. The first-order chi connectivity index (χ1) is 12.2. The third-order valence-corrected chi connectivity index (χ3v) is 3.94. The van der Waals surface area contributed by atoms with Gasteiger partial charge in [0.1, 0.15) is 0 Å². The smallest absolute Gasteiger partial charge is 0.269 e. The lowest BCUT2D eigenvalue weighted by Crippen LogP contribution is -2.38. The van der Waals surface area contributed by atoms with E-state index in [9.17, 15) is 10.1 Å².